The van der Waals surface area contributed by atoms with Crippen LogP contribution in [0.1, 0.15) is 39.2 Å². The van der Waals surface area contributed by atoms with Crippen molar-refractivity contribution in [2.75, 3.05) is 5.75 Å². The first-order valence-corrected chi connectivity index (χ1v) is 11.4. The number of amides is 2. The van der Waals surface area contributed by atoms with E-state index in [1.807, 2.05) is 32.9 Å². The molecule has 7 heteroatoms. The highest BCUT2D eigenvalue weighted by atomic mass is 35.5. The average molecular weight is 451 g/mol. The van der Waals surface area contributed by atoms with Crippen molar-refractivity contribution in [1.29, 1.82) is 0 Å². The van der Waals surface area contributed by atoms with Crippen molar-refractivity contribution in [1.82, 2.24) is 10.2 Å². The molecule has 1 N–H and O–H groups in total. The van der Waals surface area contributed by atoms with Crippen LogP contribution in [0.3, 0.4) is 0 Å². The minimum atomic E-state index is -0.595. The van der Waals surface area contributed by atoms with Crippen molar-refractivity contribution in [3.63, 3.8) is 0 Å². The second-order valence-electron chi connectivity index (χ2n) is 7.13. The zero-order valence-corrected chi connectivity index (χ0v) is 19.1. The van der Waals surface area contributed by atoms with Crippen LogP contribution in [0.25, 0.3) is 0 Å². The van der Waals surface area contributed by atoms with Gasteiger partial charge in [0.2, 0.25) is 11.8 Å². The standard InChI is InChI=1S/C23H28ClFN2O2S/c1-4-16(3)26-23(29)21(5-2)27(14-17-6-10-19(25)11-7-17)22(28)15-30-20-12-8-18(24)9-13-20/h6-13,16,21H,4-5,14-15H2,1-3H3,(H,26,29)/t16-,21+/m1/s1. The van der Waals surface area contributed by atoms with Crippen molar-refractivity contribution >= 4 is 35.2 Å². The molecule has 0 spiro atoms. The quantitative estimate of drug-likeness (QED) is 0.500. The van der Waals surface area contributed by atoms with E-state index in [4.69, 9.17) is 11.6 Å². The summed E-state index contributed by atoms with van der Waals surface area (Å²) in [6.45, 7) is 6.06. The van der Waals surface area contributed by atoms with Gasteiger partial charge in [-0.15, -0.1) is 11.8 Å². The number of nitrogens with one attached hydrogen (secondary N) is 1. The van der Waals surface area contributed by atoms with Crippen LogP contribution in [0.15, 0.2) is 53.4 Å². The van der Waals surface area contributed by atoms with Crippen LogP contribution < -0.4 is 5.32 Å². The predicted molar refractivity (Wildman–Crippen MR) is 121 cm³/mol. The highest BCUT2D eigenvalue weighted by Gasteiger charge is 2.29. The number of hydrogen-bond donors (Lipinski definition) is 1. The van der Waals surface area contributed by atoms with Gasteiger partial charge in [0.1, 0.15) is 11.9 Å². The zero-order chi connectivity index (χ0) is 22.1. The molecule has 162 valence electrons. The molecular weight excluding hydrogens is 423 g/mol. The Bertz CT molecular complexity index is 830. The molecule has 2 amide bonds. The molecule has 2 atom stereocenters. The molecule has 2 aromatic rings. The number of halogens is 2. The summed E-state index contributed by atoms with van der Waals surface area (Å²) in [5, 5.41) is 3.61. The Labute approximate surface area is 187 Å². The summed E-state index contributed by atoms with van der Waals surface area (Å²) in [7, 11) is 0. The second kappa shape index (κ2) is 12.0. The number of rotatable bonds is 10. The monoisotopic (exact) mass is 450 g/mol. The van der Waals surface area contributed by atoms with E-state index >= 15 is 0 Å². The van der Waals surface area contributed by atoms with E-state index in [1.54, 1.807) is 29.2 Å². The van der Waals surface area contributed by atoms with E-state index in [1.165, 1.54) is 23.9 Å². The summed E-state index contributed by atoms with van der Waals surface area (Å²) in [5.74, 6) is -0.462. The van der Waals surface area contributed by atoms with Crippen molar-refractivity contribution < 1.29 is 14.0 Å². The van der Waals surface area contributed by atoms with Gasteiger partial charge in [-0.3, -0.25) is 9.59 Å². The molecule has 0 saturated heterocycles. The number of thioether (sulfide) groups is 1. The van der Waals surface area contributed by atoms with Gasteiger partial charge in [0.25, 0.3) is 0 Å². The lowest BCUT2D eigenvalue weighted by Gasteiger charge is -2.31. The normalized spacial score (nSPS) is 12.8. The number of hydrogen-bond acceptors (Lipinski definition) is 3. The molecule has 0 saturated carbocycles. The number of carbonyl (C=O) groups excluding carboxylic acids is 2. The van der Waals surface area contributed by atoms with E-state index in [0.717, 1.165) is 16.9 Å². The smallest absolute Gasteiger partial charge is 0.243 e. The summed E-state index contributed by atoms with van der Waals surface area (Å²) in [6.07, 6.45) is 1.29. The van der Waals surface area contributed by atoms with E-state index in [2.05, 4.69) is 5.32 Å². The molecule has 0 bridgehead atoms. The molecular formula is C23H28ClFN2O2S. The molecule has 0 unspecified atom stereocenters. The van der Waals surface area contributed by atoms with Crippen molar-refractivity contribution in [2.45, 2.75) is 57.1 Å². The Morgan fingerprint density at radius 3 is 2.27 bits per heavy atom. The van der Waals surface area contributed by atoms with Crippen LogP contribution in [0, 0.1) is 5.82 Å². The fraction of sp³-hybridized carbons (Fsp3) is 0.391. The molecule has 0 aromatic heterocycles. The lowest BCUT2D eigenvalue weighted by Crippen LogP contribution is -2.51. The van der Waals surface area contributed by atoms with E-state index < -0.39 is 6.04 Å². The van der Waals surface area contributed by atoms with Gasteiger partial charge >= 0.3 is 0 Å². The second-order valence-corrected chi connectivity index (χ2v) is 8.62. The fourth-order valence-corrected chi connectivity index (χ4v) is 3.82. The summed E-state index contributed by atoms with van der Waals surface area (Å²) in [4.78, 5) is 28.5. The van der Waals surface area contributed by atoms with Gasteiger partial charge in [0.15, 0.2) is 0 Å². The van der Waals surface area contributed by atoms with E-state index in [0.29, 0.717) is 11.4 Å². The minimum Gasteiger partial charge on any atom is -0.352 e. The maximum Gasteiger partial charge on any atom is 0.243 e. The summed E-state index contributed by atoms with van der Waals surface area (Å²) in [5.41, 5.74) is 0.774. The Morgan fingerprint density at radius 1 is 1.07 bits per heavy atom. The van der Waals surface area contributed by atoms with Crippen LogP contribution in [-0.4, -0.2) is 34.6 Å². The molecule has 0 aliphatic heterocycles. The summed E-state index contributed by atoms with van der Waals surface area (Å²) in [6, 6.07) is 12.7. The first kappa shape index (κ1) is 24.2. The van der Waals surface area contributed by atoms with Gasteiger partial charge in [-0.1, -0.05) is 37.6 Å². The topological polar surface area (TPSA) is 49.4 Å². The summed E-state index contributed by atoms with van der Waals surface area (Å²) < 4.78 is 13.3. The van der Waals surface area contributed by atoms with Gasteiger partial charge in [0, 0.05) is 22.5 Å². The lowest BCUT2D eigenvalue weighted by atomic mass is 10.1. The maximum absolute atomic E-state index is 13.3. The molecule has 2 aromatic carbocycles. The minimum absolute atomic E-state index is 0.0257. The Balaban J connectivity index is 2.19. The van der Waals surface area contributed by atoms with Gasteiger partial charge in [-0.05, 0) is 61.7 Å². The van der Waals surface area contributed by atoms with Gasteiger partial charge in [-0.2, -0.15) is 0 Å². The Morgan fingerprint density at radius 2 is 1.70 bits per heavy atom. The van der Waals surface area contributed by atoms with Crippen LogP contribution >= 0.6 is 23.4 Å². The van der Waals surface area contributed by atoms with Crippen LogP contribution in [-0.2, 0) is 16.1 Å². The van der Waals surface area contributed by atoms with Crippen molar-refractivity contribution in [3.05, 3.63) is 64.9 Å². The zero-order valence-electron chi connectivity index (χ0n) is 17.5. The van der Waals surface area contributed by atoms with Crippen molar-refractivity contribution in [3.8, 4) is 0 Å². The number of carbonyl (C=O) groups is 2. The molecule has 0 radical (unpaired) electrons. The first-order valence-electron chi connectivity index (χ1n) is 10.1. The highest BCUT2D eigenvalue weighted by molar-refractivity contribution is 8.00. The molecule has 30 heavy (non-hydrogen) atoms. The Kier molecular flexibility index (Phi) is 9.66. The van der Waals surface area contributed by atoms with Crippen LogP contribution in [0.4, 0.5) is 4.39 Å². The van der Waals surface area contributed by atoms with Gasteiger partial charge in [-0.25, -0.2) is 4.39 Å². The van der Waals surface area contributed by atoms with Crippen LogP contribution in [0.5, 0.6) is 0 Å². The highest BCUT2D eigenvalue weighted by Crippen LogP contribution is 2.22. The first-order chi connectivity index (χ1) is 14.3. The van der Waals surface area contributed by atoms with Gasteiger partial charge in [0.05, 0.1) is 5.75 Å². The van der Waals surface area contributed by atoms with E-state index in [9.17, 15) is 14.0 Å². The molecule has 4 nitrogen and oxygen atoms in total. The predicted octanol–water partition coefficient (Wildman–Crippen LogP) is 5.29. The third kappa shape index (κ3) is 7.33. The molecule has 0 aliphatic carbocycles. The maximum atomic E-state index is 13.3. The number of benzene rings is 2. The average Bonchev–Trinajstić information content (AvgIpc) is 2.74. The SMILES string of the molecule is CC[C@@H](C)NC(=O)[C@H](CC)N(Cc1ccc(F)cc1)C(=O)CSc1ccc(Cl)cc1. The number of nitrogens with zero attached hydrogens (tertiary/aromatic N) is 1. The fourth-order valence-electron chi connectivity index (χ4n) is 2.91. The third-order valence-corrected chi connectivity index (χ3v) is 6.08. The van der Waals surface area contributed by atoms with Gasteiger partial charge < -0.3 is 10.2 Å². The Hall–Kier alpha value is -2.05. The lowest BCUT2D eigenvalue weighted by molar-refractivity contribution is -0.139. The van der Waals surface area contributed by atoms with E-state index in [-0.39, 0.29) is 36.0 Å². The summed E-state index contributed by atoms with van der Waals surface area (Å²) >= 11 is 7.31. The molecule has 2 rings (SSSR count). The largest absolute Gasteiger partial charge is 0.352 e. The third-order valence-electron chi connectivity index (χ3n) is 4.83. The molecule has 0 aliphatic rings. The van der Waals surface area contributed by atoms with Crippen molar-refractivity contribution in [2.24, 2.45) is 0 Å². The molecule has 0 heterocycles. The van der Waals surface area contributed by atoms with Crippen LogP contribution in [0.2, 0.25) is 5.02 Å². The molecule has 0 fully saturated rings.